The monoisotopic (exact) mass is 418 g/mol. The third kappa shape index (κ3) is 4.23. The Hall–Kier alpha value is -3.05. The Morgan fingerprint density at radius 3 is 2.45 bits per heavy atom. The molecule has 3 aromatic carbocycles. The average molecular weight is 419 g/mol. The van der Waals surface area contributed by atoms with Gasteiger partial charge in [-0.2, -0.15) is 0 Å². The van der Waals surface area contributed by atoms with E-state index in [9.17, 15) is 4.79 Å². The van der Waals surface area contributed by atoms with Crippen molar-refractivity contribution in [1.29, 1.82) is 0 Å². The lowest BCUT2D eigenvalue weighted by Gasteiger charge is -2.37. The number of hydrogen-bond donors (Lipinski definition) is 1. The molecule has 5 heteroatoms. The third-order valence-electron chi connectivity index (χ3n) is 6.45. The van der Waals surface area contributed by atoms with Crippen molar-refractivity contribution in [3.63, 3.8) is 0 Å². The van der Waals surface area contributed by atoms with Crippen LogP contribution in [-0.2, 0) is 4.79 Å². The van der Waals surface area contributed by atoms with Gasteiger partial charge in [-0.05, 0) is 37.4 Å². The smallest absolute Gasteiger partial charge is 0.284 e. The number of quaternary nitrogens is 1. The molecule has 3 aromatic rings. The molecule has 162 valence electrons. The van der Waals surface area contributed by atoms with Gasteiger partial charge in [0.25, 0.3) is 5.91 Å². The Bertz CT molecular complexity index is 1040. The Labute approximate surface area is 184 Å². The number of carbonyl (C=O) groups excluding carboxylic acids is 1. The third-order valence-corrected chi connectivity index (χ3v) is 6.45. The molecule has 31 heavy (non-hydrogen) atoms. The van der Waals surface area contributed by atoms with E-state index in [0.717, 1.165) is 54.1 Å². The Morgan fingerprint density at radius 1 is 1.03 bits per heavy atom. The van der Waals surface area contributed by atoms with Gasteiger partial charge in [-0.1, -0.05) is 48.5 Å². The highest BCUT2D eigenvalue weighted by molar-refractivity contribution is 6.04. The van der Waals surface area contributed by atoms with Crippen LogP contribution >= 0.6 is 0 Å². The predicted octanol–water partition coefficient (Wildman–Crippen LogP) is 2.99. The predicted molar refractivity (Wildman–Crippen MR) is 127 cm³/mol. The first kappa shape index (κ1) is 21.2. The maximum Gasteiger partial charge on any atom is 0.284 e. The molecule has 0 bridgehead atoms. The molecule has 1 amide bonds. The summed E-state index contributed by atoms with van der Waals surface area (Å²) in [5.41, 5.74) is 2.14. The zero-order valence-corrected chi connectivity index (χ0v) is 18.7. The topological polar surface area (TPSA) is 37.2 Å². The zero-order chi connectivity index (χ0) is 21.8. The van der Waals surface area contributed by atoms with E-state index in [0.29, 0.717) is 6.54 Å². The number of anilines is 2. The number of methoxy groups -OCH3 is 1. The number of amides is 1. The molecule has 0 aromatic heterocycles. The minimum atomic E-state index is -0.0845. The number of likely N-dealkylation sites (N-methyl/N-ethyl adjacent to an activating group) is 1. The van der Waals surface area contributed by atoms with Crippen molar-refractivity contribution in [1.82, 2.24) is 0 Å². The standard InChI is InChI=1S/C26H31N3O2/c1-4-29(23-14-9-11-21-10-5-6-12-22(21)23)26(30)20(2)27-16-18-28(19-17-27)24-13-7-8-15-25(24)31-3/h5-15,20H,4,16-19H2,1-3H3/p+1/t20-/m1/s1. The molecule has 0 aliphatic carbocycles. The van der Waals surface area contributed by atoms with Gasteiger partial charge in [-0.3, -0.25) is 4.79 Å². The fraction of sp³-hybridized carbons (Fsp3) is 0.346. The number of ether oxygens (including phenoxy) is 1. The van der Waals surface area contributed by atoms with E-state index >= 15 is 0 Å². The lowest BCUT2D eigenvalue weighted by atomic mass is 10.1. The number of nitrogens with zero attached hydrogens (tertiary/aromatic N) is 2. The molecule has 0 unspecified atom stereocenters. The second-order valence-electron chi connectivity index (χ2n) is 8.12. The highest BCUT2D eigenvalue weighted by atomic mass is 16.5. The van der Waals surface area contributed by atoms with Crippen molar-refractivity contribution in [3.8, 4) is 5.75 Å². The Morgan fingerprint density at radius 2 is 1.71 bits per heavy atom. The summed E-state index contributed by atoms with van der Waals surface area (Å²) < 4.78 is 5.53. The molecule has 0 saturated carbocycles. The van der Waals surface area contributed by atoms with E-state index in [1.165, 1.54) is 4.90 Å². The average Bonchev–Trinajstić information content (AvgIpc) is 2.84. The molecule has 1 heterocycles. The lowest BCUT2D eigenvalue weighted by molar-refractivity contribution is -0.914. The summed E-state index contributed by atoms with van der Waals surface area (Å²) in [4.78, 5) is 19.2. The highest BCUT2D eigenvalue weighted by Crippen LogP contribution is 2.28. The summed E-state index contributed by atoms with van der Waals surface area (Å²) in [5.74, 6) is 1.10. The minimum absolute atomic E-state index is 0.0845. The van der Waals surface area contributed by atoms with Crippen LogP contribution in [0.4, 0.5) is 11.4 Å². The molecule has 5 nitrogen and oxygen atoms in total. The van der Waals surface area contributed by atoms with Crippen LogP contribution in [0.5, 0.6) is 5.75 Å². The highest BCUT2D eigenvalue weighted by Gasteiger charge is 2.33. The Balaban J connectivity index is 1.48. The van der Waals surface area contributed by atoms with Crippen molar-refractivity contribution >= 4 is 28.1 Å². The van der Waals surface area contributed by atoms with Gasteiger partial charge in [0.05, 0.1) is 44.7 Å². The number of fused-ring (bicyclic) bond motifs is 1. The van der Waals surface area contributed by atoms with Crippen LogP contribution in [0.3, 0.4) is 0 Å². The van der Waals surface area contributed by atoms with Gasteiger partial charge >= 0.3 is 0 Å². The first-order valence-corrected chi connectivity index (χ1v) is 11.2. The van der Waals surface area contributed by atoms with Crippen LogP contribution in [-0.4, -0.2) is 51.8 Å². The van der Waals surface area contributed by atoms with Crippen LogP contribution in [0.1, 0.15) is 13.8 Å². The van der Waals surface area contributed by atoms with Gasteiger partial charge in [0.15, 0.2) is 6.04 Å². The van der Waals surface area contributed by atoms with Crippen LogP contribution in [0.25, 0.3) is 10.8 Å². The molecular weight excluding hydrogens is 386 g/mol. The van der Waals surface area contributed by atoms with Crippen molar-refractivity contribution in [2.75, 3.05) is 49.6 Å². The van der Waals surface area contributed by atoms with Gasteiger partial charge in [0, 0.05) is 11.9 Å². The number of nitrogens with one attached hydrogen (secondary N) is 1. The number of benzene rings is 3. The van der Waals surface area contributed by atoms with E-state index in [-0.39, 0.29) is 11.9 Å². The molecule has 1 fully saturated rings. The van der Waals surface area contributed by atoms with Gasteiger partial charge in [0.1, 0.15) is 5.75 Å². The fourth-order valence-electron chi connectivity index (χ4n) is 4.66. The van der Waals surface area contributed by atoms with Crippen molar-refractivity contribution < 1.29 is 14.4 Å². The second kappa shape index (κ2) is 9.40. The van der Waals surface area contributed by atoms with Crippen molar-refractivity contribution in [2.45, 2.75) is 19.9 Å². The first-order chi connectivity index (χ1) is 15.1. The Kier molecular flexibility index (Phi) is 6.42. The molecular formula is C26H32N3O2+. The number of piperazine rings is 1. The molecule has 0 radical (unpaired) electrons. The lowest BCUT2D eigenvalue weighted by Crippen LogP contribution is -3.19. The van der Waals surface area contributed by atoms with Crippen LogP contribution < -0.4 is 19.4 Å². The summed E-state index contributed by atoms with van der Waals surface area (Å²) in [7, 11) is 1.72. The molecule has 1 aliphatic heterocycles. The van der Waals surface area contributed by atoms with Gasteiger partial charge in [0.2, 0.25) is 0 Å². The van der Waals surface area contributed by atoms with E-state index in [2.05, 4.69) is 49.1 Å². The molecule has 1 atom stereocenters. The molecule has 1 aliphatic rings. The summed E-state index contributed by atoms with van der Waals surface area (Å²) in [5, 5.41) is 2.29. The maximum absolute atomic E-state index is 13.5. The SMILES string of the molecule is CCN(C(=O)[C@@H](C)[NH+]1CCN(c2ccccc2OC)CC1)c1cccc2ccccc12. The van der Waals surface area contributed by atoms with E-state index in [4.69, 9.17) is 4.74 Å². The minimum Gasteiger partial charge on any atom is -0.495 e. The van der Waals surface area contributed by atoms with Crippen molar-refractivity contribution in [3.05, 3.63) is 66.7 Å². The van der Waals surface area contributed by atoms with E-state index in [1.807, 2.05) is 41.3 Å². The quantitative estimate of drug-likeness (QED) is 0.669. The second-order valence-corrected chi connectivity index (χ2v) is 8.12. The zero-order valence-electron chi connectivity index (χ0n) is 18.7. The number of rotatable bonds is 6. The first-order valence-electron chi connectivity index (χ1n) is 11.2. The number of hydrogen-bond acceptors (Lipinski definition) is 3. The van der Waals surface area contributed by atoms with E-state index < -0.39 is 0 Å². The summed E-state index contributed by atoms with van der Waals surface area (Å²) in [6.45, 7) is 8.47. The molecule has 0 spiro atoms. The van der Waals surface area contributed by atoms with Gasteiger partial charge in [-0.15, -0.1) is 0 Å². The van der Waals surface area contributed by atoms with E-state index in [1.54, 1.807) is 7.11 Å². The summed E-state index contributed by atoms with van der Waals surface area (Å²) in [6.07, 6.45) is 0. The normalized spacial score (nSPS) is 15.6. The van der Waals surface area contributed by atoms with Crippen LogP contribution in [0, 0.1) is 0 Å². The molecule has 4 rings (SSSR count). The molecule has 1 N–H and O–H groups in total. The summed E-state index contributed by atoms with van der Waals surface area (Å²) in [6, 6.07) is 22.6. The molecule has 1 saturated heterocycles. The van der Waals surface area contributed by atoms with Gasteiger partial charge < -0.3 is 19.4 Å². The number of carbonyl (C=O) groups is 1. The summed E-state index contributed by atoms with van der Waals surface area (Å²) >= 11 is 0. The number of para-hydroxylation sites is 2. The van der Waals surface area contributed by atoms with Crippen molar-refractivity contribution in [2.24, 2.45) is 0 Å². The van der Waals surface area contributed by atoms with Crippen LogP contribution in [0.2, 0.25) is 0 Å². The van der Waals surface area contributed by atoms with Gasteiger partial charge in [-0.25, -0.2) is 0 Å². The maximum atomic E-state index is 13.5. The fourth-order valence-corrected chi connectivity index (χ4v) is 4.66. The van der Waals surface area contributed by atoms with Crippen LogP contribution in [0.15, 0.2) is 66.7 Å². The largest absolute Gasteiger partial charge is 0.495 e.